The van der Waals surface area contributed by atoms with E-state index in [1.807, 2.05) is 6.92 Å². The van der Waals surface area contributed by atoms with Crippen molar-refractivity contribution < 1.29 is 29.4 Å². The van der Waals surface area contributed by atoms with E-state index >= 15 is 0 Å². The summed E-state index contributed by atoms with van der Waals surface area (Å²) in [7, 11) is 0. The van der Waals surface area contributed by atoms with Gasteiger partial charge in [0.1, 0.15) is 12.1 Å². The maximum atomic E-state index is 12.1. The first kappa shape index (κ1) is 21.8. The monoisotopic (exact) mass is 346 g/mol. The van der Waals surface area contributed by atoms with Crippen LogP contribution in [0.3, 0.4) is 0 Å². The third-order valence-electron chi connectivity index (χ3n) is 3.67. The lowest BCUT2D eigenvalue weighted by Crippen LogP contribution is -2.56. The lowest BCUT2D eigenvalue weighted by Gasteiger charge is -2.23. The minimum absolute atomic E-state index is 0.113. The fraction of sp³-hybridized carbons (Fsp3) is 0.714. The summed E-state index contributed by atoms with van der Waals surface area (Å²) in [6, 6.07) is -3.56. The fourth-order valence-electron chi connectivity index (χ4n) is 1.79. The van der Waals surface area contributed by atoms with Crippen molar-refractivity contribution in [2.45, 2.75) is 51.2 Å². The molecule has 0 rings (SSSR count). The molecule has 24 heavy (non-hydrogen) atoms. The number of nitrogens with two attached hydrogens (primary N) is 2. The van der Waals surface area contributed by atoms with E-state index in [2.05, 4.69) is 10.6 Å². The van der Waals surface area contributed by atoms with E-state index in [4.69, 9.17) is 21.7 Å². The molecule has 138 valence electrons. The van der Waals surface area contributed by atoms with Crippen LogP contribution in [0.1, 0.15) is 33.1 Å². The summed E-state index contributed by atoms with van der Waals surface area (Å²) in [5, 5.41) is 22.3. The molecule has 0 aliphatic rings. The van der Waals surface area contributed by atoms with Gasteiger partial charge in [0.25, 0.3) is 0 Å². The molecule has 3 amide bonds. The molecule has 0 unspecified atom stereocenters. The van der Waals surface area contributed by atoms with Gasteiger partial charge in [0.05, 0.1) is 12.6 Å². The summed E-state index contributed by atoms with van der Waals surface area (Å²) in [5.41, 5.74) is 10.8. The van der Waals surface area contributed by atoms with Crippen LogP contribution in [0.4, 0.5) is 0 Å². The highest BCUT2D eigenvalue weighted by molar-refractivity contribution is 5.92. The zero-order chi connectivity index (χ0) is 18.9. The number of hydrogen-bond acceptors (Lipinski definition) is 6. The summed E-state index contributed by atoms with van der Waals surface area (Å²) in [5.74, 6) is -3.67. The van der Waals surface area contributed by atoms with Crippen molar-refractivity contribution in [1.29, 1.82) is 0 Å². The van der Waals surface area contributed by atoms with Gasteiger partial charge in [-0.15, -0.1) is 0 Å². The number of rotatable bonds is 11. The lowest BCUT2D eigenvalue weighted by molar-refractivity contribution is -0.143. The van der Waals surface area contributed by atoms with E-state index < -0.39 is 48.4 Å². The Balaban J connectivity index is 5.02. The second-order valence-electron chi connectivity index (χ2n) is 5.56. The molecule has 4 atom stereocenters. The van der Waals surface area contributed by atoms with Gasteiger partial charge in [-0.2, -0.15) is 0 Å². The van der Waals surface area contributed by atoms with Crippen LogP contribution in [0.15, 0.2) is 0 Å². The van der Waals surface area contributed by atoms with Crippen LogP contribution in [-0.2, 0) is 19.2 Å². The molecule has 0 saturated heterocycles. The lowest BCUT2D eigenvalue weighted by atomic mass is 9.98. The molecule has 0 aromatic carbocycles. The van der Waals surface area contributed by atoms with E-state index in [1.54, 1.807) is 6.92 Å². The van der Waals surface area contributed by atoms with E-state index in [-0.39, 0.29) is 18.8 Å². The number of aliphatic hydroxyl groups is 1. The van der Waals surface area contributed by atoms with Gasteiger partial charge in [-0.1, -0.05) is 20.3 Å². The molecule has 0 saturated carbocycles. The minimum atomic E-state index is -1.52. The van der Waals surface area contributed by atoms with Crippen LogP contribution in [-0.4, -0.2) is 58.6 Å². The Morgan fingerprint density at radius 2 is 1.62 bits per heavy atom. The smallest absolute Gasteiger partial charge is 0.328 e. The molecule has 0 heterocycles. The normalized spacial score (nSPS) is 15.7. The molecule has 0 spiro atoms. The Labute approximate surface area is 139 Å². The third-order valence-corrected chi connectivity index (χ3v) is 3.67. The Morgan fingerprint density at radius 3 is 2.04 bits per heavy atom. The van der Waals surface area contributed by atoms with Crippen molar-refractivity contribution in [1.82, 2.24) is 10.6 Å². The number of nitrogens with one attached hydrogen (secondary N) is 2. The highest BCUT2D eigenvalue weighted by Gasteiger charge is 2.29. The molecule has 8 N–H and O–H groups in total. The summed E-state index contributed by atoms with van der Waals surface area (Å²) < 4.78 is 0. The predicted molar refractivity (Wildman–Crippen MR) is 84.4 cm³/mol. The van der Waals surface area contributed by atoms with Gasteiger partial charge >= 0.3 is 5.97 Å². The highest BCUT2D eigenvalue weighted by atomic mass is 16.4. The van der Waals surface area contributed by atoms with E-state index in [0.717, 1.165) is 0 Å². The predicted octanol–water partition coefficient (Wildman–Crippen LogP) is -2.33. The van der Waals surface area contributed by atoms with Gasteiger partial charge in [0.15, 0.2) is 0 Å². The van der Waals surface area contributed by atoms with Crippen LogP contribution in [0, 0.1) is 5.92 Å². The van der Waals surface area contributed by atoms with Crippen molar-refractivity contribution >= 4 is 23.7 Å². The van der Waals surface area contributed by atoms with Crippen molar-refractivity contribution in [3.8, 4) is 0 Å². The number of carbonyl (C=O) groups excluding carboxylic acids is 3. The molecule has 0 aromatic rings. The zero-order valence-corrected chi connectivity index (χ0v) is 13.8. The van der Waals surface area contributed by atoms with E-state index in [1.165, 1.54) is 0 Å². The summed E-state index contributed by atoms with van der Waals surface area (Å²) in [6.45, 7) is 2.81. The number of carbonyl (C=O) groups is 4. The molecule has 0 aromatic heterocycles. The molecule has 0 aliphatic carbocycles. The van der Waals surface area contributed by atoms with Crippen LogP contribution >= 0.6 is 0 Å². The Kier molecular flexibility index (Phi) is 9.58. The van der Waals surface area contributed by atoms with Crippen molar-refractivity contribution in [3.05, 3.63) is 0 Å². The first-order valence-corrected chi connectivity index (χ1v) is 7.62. The van der Waals surface area contributed by atoms with Gasteiger partial charge in [-0.05, 0) is 12.3 Å². The molecular weight excluding hydrogens is 320 g/mol. The summed E-state index contributed by atoms with van der Waals surface area (Å²) >= 11 is 0. The number of primary amides is 1. The first-order chi connectivity index (χ1) is 11.1. The second kappa shape index (κ2) is 10.6. The average Bonchev–Trinajstić information content (AvgIpc) is 2.53. The van der Waals surface area contributed by atoms with Gasteiger partial charge in [0, 0.05) is 6.42 Å². The molecular formula is C14H26N4O6. The Hall–Kier alpha value is -2.20. The maximum Gasteiger partial charge on any atom is 0.328 e. The molecule has 0 aliphatic heterocycles. The van der Waals surface area contributed by atoms with Gasteiger partial charge in [0.2, 0.25) is 17.7 Å². The quantitative estimate of drug-likeness (QED) is 0.242. The van der Waals surface area contributed by atoms with E-state index in [0.29, 0.717) is 6.42 Å². The van der Waals surface area contributed by atoms with Crippen molar-refractivity contribution in [3.63, 3.8) is 0 Å². The largest absolute Gasteiger partial charge is 0.480 e. The standard InChI is InChI=1S/C14H26N4O6/c1-3-7(2)11(16)13(22)17-8(4-5-10(15)20)12(21)18-9(6-19)14(23)24/h7-9,11,19H,3-6,16H2,1-2H3,(H2,15,20)(H,17,22)(H,18,21)(H,23,24)/t7-,8-,9-,11-/m0/s1. The van der Waals surface area contributed by atoms with Gasteiger partial charge in [-0.3, -0.25) is 14.4 Å². The fourth-order valence-corrected chi connectivity index (χ4v) is 1.79. The minimum Gasteiger partial charge on any atom is -0.480 e. The number of carboxylic acid groups (broad SMARTS) is 1. The number of carboxylic acids is 1. The summed E-state index contributed by atoms with van der Waals surface area (Å²) in [4.78, 5) is 46.0. The number of amides is 3. The van der Waals surface area contributed by atoms with Gasteiger partial charge < -0.3 is 32.3 Å². The van der Waals surface area contributed by atoms with Crippen molar-refractivity contribution in [2.75, 3.05) is 6.61 Å². The Morgan fingerprint density at radius 1 is 1.08 bits per heavy atom. The second-order valence-corrected chi connectivity index (χ2v) is 5.56. The highest BCUT2D eigenvalue weighted by Crippen LogP contribution is 2.07. The molecule has 0 fully saturated rings. The zero-order valence-electron chi connectivity index (χ0n) is 13.8. The Bertz CT molecular complexity index is 470. The molecule has 0 radical (unpaired) electrons. The van der Waals surface area contributed by atoms with Crippen LogP contribution in [0.5, 0.6) is 0 Å². The van der Waals surface area contributed by atoms with Crippen LogP contribution in [0.25, 0.3) is 0 Å². The summed E-state index contributed by atoms with van der Waals surface area (Å²) in [6.07, 6.45) is 0.351. The van der Waals surface area contributed by atoms with Crippen LogP contribution < -0.4 is 22.1 Å². The number of hydrogen-bond donors (Lipinski definition) is 6. The van der Waals surface area contributed by atoms with Crippen LogP contribution in [0.2, 0.25) is 0 Å². The van der Waals surface area contributed by atoms with E-state index in [9.17, 15) is 19.2 Å². The molecule has 10 nitrogen and oxygen atoms in total. The topological polar surface area (TPSA) is 185 Å². The number of aliphatic hydroxyl groups excluding tert-OH is 1. The average molecular weight is 346 g/mol. The third kappa shape index (κ3) is 7.38. The maximum absolute atomic E-state index is 12.1. The molecule has 10 heteroatoms. The number of aliphatic carboxylic acids is 1. The van der Waals surface area contributed by atoms with Crippen molar-refractivity contribution in [2.24, 2.45) is 17.4 Å². The first-order valence-electron chi connectivity index (χ1n) is 7.62. The van der Waals surface area contributed by atoms with Gasteiger partial charge in [-0.25, -0.2) is 4.79 Å². The molecule has 0 bridgehead atoms. The SMILES string of the molecule is CC[C@H](C)[C@H](N)C(=O)N[C@@H](CCC(N)=O)C(=O)N[C@@H](CO)C(=O)O.